The van der Waals surface area contributed by atoms with Crippen LogP contribution in [-0.2, 0) is 21.2 Å². The minimum absolute atomic E-state index is 0.0553. The highest BCUT2D eigenvalue weighted by atomic mass is 35.5. The average molecular weight is 410 g/mol. The van der Waals surface area contributed by atoms with Crippen LogP contribution < -0.4 is 0 Å². The Morgan fingerprint density at radius 2 is 2.04 bits per heavy atom. The number of halogens is 1. The van der Waals surface area contributed by atoms with E-state index in [4.69, 9.17) is 11.6 Å². The molecule has 3 atom stereocenters. The smallest absolute Gasteiger partial charge is 0.227 e. The van der Waals surface area contributed by atoms with Gasteiger partial charge < -0.3 is 4.90 Å². The molecule has 148 valence electrons. The molecule has 1 amide bonds. The lowest BCUT2D eigenvalue weighted by Crippen LogP contribution is -2.42. The van der Waals surface area contributed by atoms with Crippen LogP contribution in [0.4, 0.5) is 0 Å². The van der Waals surface area contributed by atoms with Crippen molar-refractivity contribution >= 4 is 27.3 Å². The van der Waals surface area contributed by atoms with Crippen molar-refractivity contribution in [3.63, 3.8) is 0 Å². The maximum atomic E-state index is 13.5. The zero-order chi connectivity index (χ0) is 20.0. The number of carbonyl (C=O) groups excluding carboxylic acids is 1. The molecule has 4 nitrogen and oxygen atoms in total. The first-order chi connectivity index (χ1) is 12.5. The molecule has 1 saturated heterocycles. The zero-order valence-corrected chi connectivity index (χ0v) is 18.0. The van der Waals surface area contributed by atoms with Crippen molar-refractivity contribution in [2.45, 2.75) is 46.7 Å². The number of benzene rings is 1. The van der Waals surface area contributed by atoms with Crippen LogP contribution in [0.15, 0.2) is 35.9 Å². The molecule has 1 saturated carbocycles. The van der Waals surface area contributed by atoms with E-state index in [0.717, 1.165) is 5.56 Å². The lowest BCUT2D eigenvalue weighted by Gasteiger charge is -2.29. The van der Waals surface area contributed by atoms with E-state index in [1.165, 1.54) is 5.57 Å². The van der Waals surface area contributed by atoms with Crippen molar-refractivity contribution in [1.29, 1.82) is 0 Å². The molecule has 1 aromatic rings. The Morgan fingerprint density at radius 3 is 2.59 bits per heavy atom. The number of hydrogen-bond donors (Lipinski definition) is 0. The van der Waals surface area contributed by atoms with Crippen molar-refractivity contribution in [2.75, 3.05) is 11.5 Å². The Bertz CT molecular complexity index is 871. The van der Waals surface area contributed by atoms with Crippen LogP contribution >= 0.6 is 11.6 Å². The highest BCUT2D eigenvalue weighted by Gasteiger charge is 2.61. The third-order valence-electron chi connectivity index (χ3n) is 5.86. The van der Waals surface area contributed by atoms with E-state index < -0.39 is 9.84 Å². The second-order valence-corrected chi connectivity index (χ2v) is 11.4. The fraction of sp³-hybridized carbons (Fsp3) is 0.571. The summed E-state index contributed by atoms with van der Waals surface area (Å²) in [5.74, 6) is 0.372. The molecule has 0 radical (unpaired) electrons. The number of carbonyl (C=O) groups is 1. The molecular weight excluding hydrogens is 382 g/mol. The van der Waals surface area contributed by atoms with Crippen LogP contribution in [0.25, 0.3) is 0 Å². The van der Waals surface area contributed by atoms with Gasteiger partial charge in [0.05, 0.1) is 17.4 Å². The molecule has 0 unspecified atom stereocenters. The first kappa shape index (κ1) is 20.4. The van der Waals surface area contributed by atoms with Gasteiger partial charge in [-0.25, -0.2) is 8.42 Å². The van der Waals surface area contributed by atoms with Gasteiger partial charge in [0, 0.05) is 17.6 Å². The fourth-order valence-corrected chi connectivity index (χ4v) is 6.18. The van der Waals surface area contributed by atoms with E-state index in [2.05, 4.69) is 19.9 Å². The molecule has 1 aliphatic carbocycles. The molecular formula is C21H28ClNO3S. The largest absolute Gasteiger partial charge is 0.334 e. The van der Waals surface area contributed by atoms with Gasteiger partial charge in [0.1, 0.15) is 0 Å². The number of hydrogen-bond acceptors (Lipinski definition) is 3. The van der Waals surface area contributed by atoms with Crippen LogP contribution in [0.1, 0.15) is 39.7 Å². The normalized spacial score (nSPS) is 27.8. The summed E-state index contributed by atoms with van der Waals surface area (Å²) in [5, 5.41) is 0.619. The van der Waals surface area contributed by atoms with Gasteiger partial charge in [-0.2, -0.15) is 0 Å². The standard InChI is InChI=1S/C21H28ClNO3S/c1-14(2)10-18-19(21(18,3)4)20(24)23(17-8-9-27(25,26)13-17)12-15-6-5-7-16(22)11-15/h5-7,10-11,17-19H,8-9,12-13H2,1-4H3/t17-,18+,19+/m1/s1. The predicted octanol–water partition coefficient (Wildman–Crippen LogP) is 4.09. The van der Waals surface area contributed by atoms with Gasteiger partial charge in [0.25, 0.3) is 0 Å². The van der Waals surface area contributed by atoms with Crippen LogP contribution in [0, 0.1) is 17.3 Å². The molecule has 0 aromatic heterocycles. The molecule has 2 fully saturated rings. The van der Waals surface area contributed by atoms with Crippen molar-refractivity contribution in [2.24, 2.45) is 17.3 Å². The SMILES string of the molecule is CC(C)=C[C@H]1[C@@H](C(=O)N(Cc2cccc(Cl)c2)[C@@H]2CCS(=O)(=O)C2)C1(C)C. The van der Waals surface area contributed by atoms with Gasteiger partial charge in [-0.1, -0.05) is 49.2 Å². The summed E-state index contributed by atoms with van der Waals surface area (Å²) in [6, 6.07) is 7.17. The Kier molecular flexibility index (Phi) is 5.48. The van der Waals surface area contributed by atoms with E-state index in [9.17, 15) is 13.2 Å². The van der Waals surface area contributed by atoms with Crippen LogP contribution in [0.5, 0.6) is 0 Å². The molecule has 1 aromatic carbocycles. The Hall–Kier alpha value is -1.33. The van der Waals surface area contributed by atoms with Gasteiger partial charge in [-0.3, -0.25) is 4.79 Å². The number of amides is 1. The van der Waals surface area contributed by atoms with E-state index in [-0.39, 0.29) is 40.7 Å². The molecule has 2 aliphatic rings. The maximum absolute atomic E-state index is 13.5. The van der Waals surface area contributed by atoms with Gasteiger partial charge in [-0.15, -0.1) is 0 Å². The third-order valence-corrected chi connectivity index (χ3v) is 7.85. The molecule has 0 N–H and O–H groups in total. The lowest BCUT2D eigenvalue weighted by molar-refractivity contribution is -0.136. The highest BCUT2D eigenvalue weighted by Crippen LogP contribution is 2.60. The van der Waals surface area contributed by atoms with E-state index in [0.29, 0.717) is 18.0 Å². The molecule has 27 heavy (non-hydrogen) atoms. The minimum atomic E-state index is -3.07. The highest BCUT2D eigenvalue weighted by molar-refractivity contribution is 7.91. The van der Waals surface area contributed by atoms with E-state index in [1.54, 1.807) is 11.0 Å². The second-order valence-electron chi connectivity index (χ2n) is 8.72. The summed E-state index contributed by atoms with van der Waals surface area (Å²) in [4.78, 5) is 15.3. The summed E-state index contributed by atoms with van der Waals surface area (Å²) < 4.78 is 24.1. The first-order valence-corrected chi connectivity index (χ1v) is 11.6. The Balaban J connectivity index is 1.88. The van der Waals surface area contributed by atoms with Crippen molar-refractivity contribution in [3.8, 4) is 0 Å². The summed E-state index contributed by atoms with van der Waals surface area (Å²) in [7, 11) is -3.07. The van der Waals surface area contributed by atoms with Crippen LogP contribution in [0.2, 0.25) is 5.02 Å². The topological polar surface area (TPSA) is 54.5 Å². The lowest BCUT2D eigenvalue weighted by atomic mass is 10.1. The van der Waals surface area contributed by atoms with Crippen LogP contribution in [-0.4, -0.2) is 36.8 Å². The molecule has 0 bridgehead atoms. The summed E-state index contributed by atoms with van der Waals surface area (Å²) >= 11 is 6.11. The summed E-state index contributed by atoms with van der Waals surface area (Å²) in [6.07, 6.45) is 2.68. The number of sulfone groups is 1. The molecule has 1 heterocycles. The zero-order valence-electron chi connectivity index (χ0n) is 16.4. The van der Waals surface area contributed by atoms with E-state index in [1.807, 2.05) is 32.0 Å². The van der Waals surface area contributed by atoms with Crippen molar-refractivity contribution in [3.05, 3.63) is 46.5 Å². The number of allylic oxidation sites excluding steroid dienone is 2. The third kappa shape index (κ3) is 4.40. The molecule has 6 heteroatoms. The molecule has 1 aliphatic heterocycles. The predicted molar refractivity (Wildman–Crippen MR) is 109 cm³/mol. The number of nitrogens with zero attached hydrogens (tertiary/aromatic N) is 1. The summed E-state index contributed by atoms with van der Waals surface area (Å²) in [6.45, 7) is 8.71. The Morgan fingerprint density at radius 1 is 1.33 bits per heavy atom. The van der Waals surface area contributed by atoms with Gasteiger partial charge in [-0.05, 0) is 49.3 Å². The Labute approximate surface area is 167 Å². The minimum Gasteiger partial charge on any atom is -0.334 e. The van der Waals surface area contributed by atoms with Gasteiger partial charge >= 0.3 is 0 Å². The summed E-state index contributed by atoms with van der Waals surface area (Å²) in [5.41, 5.74) is 2.03. The van der Waals surface area contributed by atoms with Gasteiger partial charge in [0.2, 0.25) is 5.91 Å². The van der Waals surface area contributed by atoms with Crippen molar-refractivity contribution in [1.82, 2.24) is 4.90 Å². The first-order valence-electron chi connectivity index (χ1n) is 9.41. The van der Waals surface area contributed by atoms with Crippen LogP contribution in [0.3, 0.4) is 0 Å². The van der Waals surface area contributed by atoms with E-state index >= 15 is 0 Å². The van der Waals surface area contributed by atoms with Crippen molar-refractivity contribution < 1.29 is 13.2 Å². The maximum Gasteiger partial charge on any atom is 0.227 e. The number of rotatable bonds is 5. The quantitative estimate of drug-likeness (QED) is 0.688. The average Bonchev–Trinajstić information content (AvgIpc) is 2.88. The molecule has 0 spiro atoms. The van der Waals surface area contributed by atoms with Gasteiger partial charge in [0.15, 0.2) is 9.84 Å². The second kappa shape index (κ2) is 7.25. The molecule has 3 rings (SSSR count). The fourth-order valence-electron chi connectivity index (χ4n) is 4.24. The monoisotopic (exact) mass is 409 g/mol.